The van der Waals surface area contributed by atoms with Crippen LogP contribution >= 0.6 is 0 Å². The number of nitrogens with zero attached hydrogens (tertiary/aromatic N) is 3. The molecule has 2 aromatic rings. The van der Waals surface area contributed by atoms with Gasteiger partial charge in [-0.3, -0.25) is 9.78 Å². The minimum Gasteiger partial charge on any atom is -0.487 e. The number of fused-ring (bicyclic) bond motifs is 1. The normalized spacial score (nSPS) is 21.2. The van der Waals surface area contributed by atoms with E-state index in [1.54, 1.807) is 55.4 Å². The first-order valence-corrected chi connectivity index (χ1v) is 12.8. The Labute approximate surface area is 201 Å². The molecule has 0 unspecified atom stereocenters. The second-order valence-corrected chi connectivity index (χ2v) is 10.6. The summed E-state index contributed by atoms with van der Waals surface area (Å²) >= 11 is 0. The van der Waals surface area contributed by atoms with E-state index in [1.807, 2.05) is 32.1 Å². The highest BCUT2D eigenvalue weighted by Gasteiger charge is 2.38. The summed E-state index contributed by atoms with van der Waals surface area (Å²) in [6, 6.07) is 9.82. The van der Waals surface area contributed by atoms with Gasteiger partial charge in [-0.1, -0.05) is 31.2 Å². The fraction of sp³-hybridized carbons (Fsp3) is 0.440. The number of amides is 1. The number of hydrogen-bond donors (Lipinski definition) is 1. The van der Waals surface area contributed by atoms with E-state index in [0.29, 0.717) is 5.69 Å². The van der Waals surface area contributed by atoms with E-state index >= 15 is 0 Å². The van der Waals surface area contributed by atoms with Crippen molar-refractivity contribution in [2.24, 2.45) is 5.92 Å². The van der Waals surface area contributed by atoms with Gasteiger partial charge in [-0.05, 0) is 43.7 Å². The fourth-order valence-corrected chi connectivity index (χ4v) is 5.75. The van der Waals surface area contributed by atoms with Crippen molar-refractivity contribution in [3.63, 3.8) is 0 Å². The number of carbonyl (C=O) groups excluding carboxylic acids is 1. The van der Waals surface area contributed by atoms with E-state index in [4.69, 9.17) is 4.74 Å². The molecule has 0 spiro atoms. The molecule has 2 heterocycles. The summed E-state index contributed by atoms with van der Waals surface area (Å²) in [4.78, 5) is 18.7. The summed E-state index contributed by atoms with van der Waals surface area (Å²) in [6.45, 7) is 5.60. The van der Waals surface area contributed by atoms with Crippen LogP contribution in [0, 0.1) is 5.92 Å². The predicted octanol–water partition coefficient (Wildman–Crippen LogP) is 2.58. The Bertz CT molecular complexity index is 1120. The van der Waals surface area contributed by atoms with Crippen molar-refractivity contribution in [2.45, 2.75) is 44.2 Å². The van der Waals surface area contributed by atoms with Crippen molar-refractivity contribution in [2.75, 3.05) is 26.7 Å². The Kier molecular flexibility index (Phi) is 8.46. The first-order valence-electron chi connectivity index (χ1n) is 11.4. The number of sulfonamides is 1. The third-order valence-corrected chi connectivity index (χ3v) is 8.01. The Morgan fingerprint density at radius 1 is 1.35 bits per heavy atom. The van der Waals surface area contributed by atoms with Crippen molar-refractivity contribution in [1.29, 1.82) is 0 Å². The highest BCUT2D eigenvalue weighted by atomic mass is 32.2. The molecule has 1 aliphatic heterocycles. The number of aliphatic hydroxyl groups excluding tert-OH is 1. The zero-order chi connectivity index (χ0) is 24.9. The van der Waals surface area contributed by atoms with Crippen LogP contribution in [-0.4, -0.2) is 72.5 Å². The summed E-state index contributed by atoms with van der Waals surface area (Å²) in [5.74, 6) is -0.104. The molecule has 8 nitrogen and oxygen atoms in total. The molecule has 1 N–H and O–H groups in total. The minimum atomic E-state index is -3.89. The molecule has 0 radical (unpaired) electrons. The molecular formula is C25H33N3O5S. The number of ether oxygens (including phenoxy) is 1. The number of likely N-dealkylation sites (N-methyl/N-ethyl adjacent to an activating group) is 1. The first kappa shape index (κ1) is 25.9. The molecule has 0 saturated carbocycles. The quantitative estimate of drug-likeness (QED) is 0.644. The molecule has 9 heteroatoms. The van der Waals surface area contributed by atoms with Crippen LogP contribution < -0.4 is 4.74 Å². The van der Waals surface area contributed by atoms with Crippen LogP contribution in [-0.2, 0) is 21.2 Å². The van der Waals surface area contributed by atoms with Crippen molar-refractivity contribution in [3.8, 4) is 5.75 Å². The second kappa shape index (κ2) is 11.1. The molecule has 3 rings (SSSR count). The number of hydrogen-bond acceptors (Lipinski definition) is 6. The molecule has 1 amide bonds. The van der Waals surface area contributed by atoms with Gasteiger partial charge in [0.25, 0.3) is 0 Å². The van der Waals surface area contributed by atoms with Gasteiger partial charge in [-0.2, -0.15) is 4.31 Å². The predicted molar refractivity (Wildman–Crippen MR) is 131 cm³/mol. The fourth-order valence-electron chi connectivity index (χ4n) is 3.92. The monoisotopic (exact) mass is 487 g/mol. The summed E-state index contributed by atoms with van der Waals surface area (Å²) in [5.41, 5.74) is 1.49. The molecule has 0 bridgehead atoms. The average molecular weight is 488 g/mol. The standard InChI is InChI=1S/C25H33N3O5S/c1-5-8-20-10-11-24-22(13-20)33-23(18(2)15-28(19(3)17-29)34(24,31)32)16-27(4)25(30)14-21-9-6-7-12-26-21/h5-13,18-19,23,29H,14-17H2,1-4H3/t18-,19-,23-/m0/s1. The molecule has 1 aromatic heterocycles. The van der Waals surface area contributed by atoms with Gasteiger partial charge in [0, 0.05) is 37.4 Å². The topological polar surface area (TPSA) is 100 Å². The van der Waals surface area contributed by atoms with Crippen LogP contribution in [0.15, 0.2) is 53.6 Å². The summed E-state index contributed by atoms with van der Waals surface area (Å²) in [6.07, 6.45) is 5.09. The molecule has 34 heavy (non-hydrogen) atoms. The largest absolute Gasteiger partial charge is 0.487 e. The van der Waals surface area contributed by atoms with E-state index in [2.05, 4.69) is 4.98 Å². The van der Waals surface area contributed by atoms with E-state index < -0.39 is 22.2 Å². The van der Waals surface area contributed by atoms with Gasteiger partial charge >= 0.3 is 0 Å². The van der Waals surface area contributed by atoms with Crippen molar-refractivity contribution in [1.82, 2.24) is 14.2 Å². The van der Waals surface area contributed by atoms with Crippen LogP contribution in [0.5, 0.6) is 5.75 Å². The van der Waals surface area contributed by atoms with E-state index in [-0.39, 0.29) is 48.6 Å². The third-order valence-electron chi connectivity index (χ3n) is 5.99. The summed E-state index contributed by atoms with van der Waals surface area (Å²) in [7, 11) is -2.18. The van der Waals surface area contributed by atoms with E-state index in [1.165, 1.54) is 4.31 Å². The summed E-state index contributed by atoms with van der Waals surface area (Å²) < 4.78 is 34.6. The summed E-state index contributed by atoms with van der Waals surface area (Å²) in [5, 5.41) is 9.75. The number of rotatable bonds is 7. The maximum absolute atomic E-state index is 13.5. The number of allylic oxidation sites excluding steroid dienone is 1. The van der Waals surface area contributed by atoms with Crippen LogP contribution in [0.2, 0.25) is 0 Å². The SMILES string of the molecule is CC=Cc1ccc2c(c1)O[C@@H](CN(C)C(=O)Cc1ccccn1)[C@@H](C)CN([C@@H](C)CO)S2(=O)=O. The average Bonchev–Trinajstić information content (AvgIpc) is 2.81. The lowest BCUT2D eigenvalue weighted by molar-refractivity contribution is -0.130. The molecule has 184 valence electrons. The van der Waals surface area contributed by atoms with Gasteiger partial charge < -0.3 is 14.7 Å². The Balaban J connectivity index is 1.94. The number of aromatic nitrogens is 1. The Morgan fingerprint density at radius 3 is 2.76 bits per heavy atom. The molecule has 0 fully saturated rings. The van der Waals surface area contributed by atoms with Crippen molar-refractivity contribution < 1.29 is 23.1 Å². The zero-order valence-electron chi connectivity index (χ0n) is 20.1. The van der Waals surface area contributed by atoms with Crippen LogP contribution in [0.4, 0.5) is 0 Å². The lowest BCUT2D eigenvalue weighted by Gasteiger charge is -2.37. The van der Waals surface area contributed by atoms with Gasteiger partial charge in [0.05, 0.1) is 19.6 Å². The first-order chi connectivity index (χ1) is 16.2. The molecule has 0 aliphatic carbocycles. The Morgan fingerprint density at radius 2 is 2.12 bits per heavy atom. The van der Waals surface area contributed by atoms with Crippen molar-refractivity contribution in [3.05, 3.63) is 59.9 Å². The number of benzene rings is 1. The van der Waals surface area contributed by atoms with Crippen LogP contribution in [0.1, 0.15) is 32.0 Å². The maximum atomic E-state index is 13.5. The van der Waals surface area contributed by atoms with E-state index in [9.17, 15) is 18.3 Å². The molecular weight excluding hydrogens is 454 g/mol. The molecule has 1 aromatic carbocycles. The van der Waals surface area contributed by atoms with Gasteiger partial charge in [0.1, 0.15) is 16.7 Å². The van der Waals surface area contributed by atoms with Crippen LogP contribution in [0.25, 0.3) is 6.08 Å². The maximum Gasteiger partial charge on any atom is 0.247 e. The number of carbonyl (C=O) groups is 1. The van der Waals surface area contributed by atoms with Crippen LogP contribution in [0.3, 0.4) is 0 Å². The Hall–Kier alpha value is -2.75. The molecule has 3 atom stereocenters. The number of aliphatic hydroxyl groups is 1. The van der Waals surface area contributed by atoms with Gasteiger partial charge in [-0.15, -0.1) is 0 Å². The third kappa shape index (κ3) is 5.84. The lowest BCUT2D eigenvalue weighted by atomic mass is 10.0. The molecule has 1 aliphatic rings. The minimum absolute atomic E-state index is 0.0559. The highest BCUT2D eigenvalue weighted by Crippen LogP contribution is 2.34. The lowest BCUT2D eigenvalue weighted by Crippen LogP contribution is -2.50. The highest BCUT2D eigenvalue weighted by molar-refractivity contribution is 7.89. The molecule has 0 saturated heterocycles. The number of pyridine rings is 1. The smallest absolute Gasteiger partial charge is 0.247 e. The van der Waals surface area contributed by atoms with E-state index in [0.717, 1.165) is 5.56 Å². The van der Waals surface area contributed by atoms with Gasteiger partial charge in [0.2, 0.25) is 15.9 Å². The zero-order valence-corrected chi connectivity index (χ0v) is 20.9. The van der Waals surface area contributed by atoms with Gasteiger partial charge in [-0.25, -0.2) is 8.42 Å². The second-order valence-electron chi connectivity index (χ2n) is 8.72. The van der Waals surface area contributed by atoms with Crippen molar-refractivity contribution >= 4 is 22.0 Å². The van der Waals surface area contributed by atoms with Gasteiger partial charge in [0.15, 0.2) is 0 Å².